The van der Waals surface area contributed by atoms with Gasteiger partial charge in [0.15, 0.2) is 5.13 Å². The largest absolute Gasteiger partial charge is 0.573 e. The van der Waals surface area contributed by atoms with E-state index in [2.05, 4.69) is 24.5 Å². The van der Waals surface area contributed by atoms with Crippen LogP contribution < -0.4 is 9.64 Å². The molecular formula is C32H29F6N3O5S. The van der Waals surface area contributed by atoms with Gasteiger partial charge in [-0.3, -0.25) is 0 Å². The van der Waals surface area contributed by atoms with Gasteiger partial charge in [0, 0.05) is 40.6 Å². The third-order valence-electron chi connectivity index (χ3n) is 8.19. The van der Waals surface area contributed by atoms with E-state index in [1.165, 1.54) is 35.6 Å². The van der Waals surface area contributed by atoms with Gasteiger partial charge >= 0.3 is 18.5 Å². The average molecular weight is 682 g/mol. The van der Waals surface area contributed by atoms with Gasteiger partial charge in [-0.25, -0.2) is 9.78 Å². The molecule has 8 nitrogen and oxygen atoms in total. The maximum Gasteiger partial charge on any atom is 0.573 e. The van der Waals surface area contributed by atoms with Crippen molar-refractivity contribution in [3.05, 3.63) is 70.3 Å². The molecule has 2 aromatic carbocycles. The second kappa shape index (κ2) is 12.8. The number of hydrogen-bond donors (Lipinski definition) is 0. The van der Waals surface area contributed by atoms with Crippen LogP contribution in [0.2, 0.25) is 0 Å². The second-order valence-corrected chi connectivity index (χ2v) is 12.3. The summed E-state index contributed by atoms with van der Waals surface area (Å²) in [6.07, 6.45) is -6.83. The van der Waals surface area contributed by atoms with Crippen molar-refractivity contribution in [2.75, 3.05) is 18.6 Å². The molecule has 0 unspecified atom stereocenters. The van der Waals surface area contributed by atoms with Crippen molar-refractivity contribution >= 4 is 22.4 Å². The highest BCUT2D eigenvalue weighted by atomic mass is 32.1. The standard InChI is InChI=1S/C32H29F6N3O5S/c1-17-13-20(44-15-23-27(40-46-28(23)18-7-8-18)22-5-3-4-6-26(22)45-32(36,37)38)11-12-41(17)30-39-25(16-47-30)19-9-10-21(29(42)43-2)24(14-19)31(33,34)35/h3-6,9-10,14,16-18,20H,7-8,11-13,15H2,1-2H3/t17-,20-/m1/s1. The number of carbonyl (C=O) groups is 1. The average Bonchev–Trinajstić information content (AvgIpc) is 3.59. The first kappa shape index (κ1) is 32.8. The molecule has 1 saturated carbocycles. The van der Waals surface area contributed by atoms with Crippen LogP contribution in [0.1, 0.15) is 65.8 Å². The van der Waals surface area contributed by atoms with Crippen LogP contribution in [-0.4, -0.2) is 48.3 Å². The zero-order valence-electron chi connectivity index (χ0n) is 25.2. The van der Waals surface area contributed by atoms with Crippen LogP contribution in [0.3, 0.4) is 0 Å². The molecular weight excluding hydrogens is 652 g/mol. The molecule has 15 heteroatoms. The Morgan fingerprint density at radius 2 is 1.85 bits per heavy atom. The SMILES string of the molecule is COC(=O)c1ccc(-c2csc(N3CC[C@@H](OCc4c(-c5ccccc5OC(F)(F)F)noc4C4CC4)C[C@H]3C)n2)cc1C(F)(F)F. The van der Waals surface area contributed by atoms with E-state index in [4.69, 9.17) is 9.26 Å². The third-order valence-corrected chi connectivity index (χ3v) is 9.07. The van der Waals surface area contributed by atoms with Gasteiger partial charge in [-0.15, -0.1) is 24.5 Å². The van der Waals surface area contributed by atoms with Gasteiger partial charge in [-0.1, -0.05) is 23.4 Å². The highest BCUT2D eigenvalue weighted by Crippen LogP contribution is 2.46. The summed E-state index contributed by atoms with van der Waals surface area (Å²) in [6.45, 7) is 2.64. The summed E-state index contributed by atoms with van der Waals surface area (Å²) in [4.78, 5) is 18.6. The summed E-state index contributed by atoms with van der Waals surface area (Å²) in [5, 5.41) is 6.44. The number of hydrogen-bond acceptors (Lipinski definition) is 9. The van der Waals surface area contributed by atoms with E-state index >= 15 is 0 Å². The number of methoxy groups -OCH3 is 1. The van der Waals surface area contributed by atoms with Crippen LogP contribution in [0.5, 0.6) is 5.75 Å². The number of rotatable bonds is 9. The van der Waals surface area contributed by atoms with Crippen LogP contribution in [0.4, 0.5) is 31.5 Å². The molecule has 3 heterocycles. The Labute approximate surface area is 269 Å². The van der Waals surface area contributed by atoms with E-state index < -0.39 is 29.6 Å². The maximum absolute atomic E-state index is 13.7. The Morgan fingerprint density at radius 1 is 1.09 bits per heavy atom. The first-order valence-electron chi connectivity index (χ1n) is 14.8. The van der Waals surface area contributed by atoms with E-state index in [0.29, 0.717) is 41.5 Å². The number of aromatic nitrogens is 2. The summed E-state index contributed by atoms with van der Waals surface area (Å²) >= 11 is 1.30. The Kier molecular flexibility index (Phi) is 8.96. The van der Waals surface area contributed by atoms with Crippen molar-refractivity contribution in [3.63, 3.8) is 0 Å². The fraction of sp³-hybridized carbons (Fsp3) is 0.406. The number of ether oxygens (including phenoxy) is 3. The van der Waals surface area contributed by atoms with Gasteiger partial charge in [0.1, 0.15) is 17.2 Å². The Hall–Kier alpha value is -4.11. The summed E-state index contributed by atoms with van der Waals surface area (Å²) in [6, 6.07) is 9.14. The summed E-state index contributed by atoms with van der Waals surface area (Å²) in [5.41, 5.74) is -0.0977. The van der Waals surface area contributed by atoms with Gasteiger partial charge < -0.3 is 23.6 Å². The van der Waals surface area contributed by atoms with Crippen molar-refractivity contribution in [1.29, 1.82) is 0 Å². The van der Waals surface area contributed by atoms with Crippen LogP contribution in [0, 0.1) is 0 Å². The lowest BCUT2D eigenvalue weighted by atomic mass is 10.0. The molecule has 2 atom stereocenters. The van der Waals surface area contributed by atoms with E-state index in [1.54, 1.807) is 11.4 Å². The molecule has 1 aliphatic heterocycles. The third kappa shape index (κ3) is 7.25. The number of alkyl halides is 6. The van der Waals surface area contributed by atoms with Gasteiger partial charge in [0.05, 0.1) is 36.6 Å². The molecule has 0 radical (unpaired) electrons. The van der Waals surface area contributed by atoms with E-state index in [1.807, 2.05) is 6.92 Å². The number of carbonyl (C=O) groups excluding carboxylic acids is 1. The quantitative estimate of drug-likeness (QED) is 0.128. The number of benzene rings is 2. The highest BCUT2D eigenvalue weighted by molar-refractivity contribution is 7.14. The van der Waals surface area contributed by atoms with Crippen molar-refractivity contribution in [2.45, 2.75) is 69.8 Å². The molecule has 47 heavy (non-hydrogen) atoms. The molecule has 0 bridgehead atoms. The van der Waals surface area contributed by atoms with Crippen molar-refractivity contribution in [3.8, 4) is 28.3 Å². The van der Waals surface area contributed by atoms with Crippen LogP contribution in [0.25, 0.3) is 22.5 Å². The van der Waals surface area contributed by atoms with Gasteiger partial charge in [-0.05, 0) is 56.9 Å². The Morgan fingerprint density at radius 3 is 2.53 bits per heavy atom. The molecule has 0 N–H and O–H groups in total. The van der Waals surface area contributed by atoms with Crippen molar-refractivity contribution in [2.24, 2.45) is 0 Å². The fourth-order valence-corrected chi connectivity index (χ4v) is 6.70. The number of nitrogens with zero attached hydrogens (tertiary/aromatic N) is 3. The molecule has 2 fully saturated rings. The Bertz CT molecular complexity index is 1750. The van der Waals surface area contributed by atoms with E-state index in [0.717, 1.165) is 32.1 Å². The zero-order chi connectivity index (χ0) is 33.5. The smallest absolute Gasteiger partial charge is 0.465 e. The maximum atomic E-state index is 13.7. The first-order chi connectivity index (χ1) is 22.3. The number of esters is 1. The zero-order valence-corrected chi connectivity index (χ0v) is 26.0. The predicted molar refractivity (Wildman–Crippen MR) is 159 cm³/mol. The van der Waals surface area contributed by atoms with E-state index in [-0.39, 0.29) is 47.2 Å². The van der Waals surface area contributed by atoms with Gasteiger partial charge in [-0.2, -0.15) is 13.2 Å². The molecule has 1 aliphatic carbocycles. The number of thiazole rings is 1. The summed E-state index contributed by atoms with van der Waals surface area (Å²) in [5.74, 6) is -0.716. The number of anilines is 1. The molecule has 4 aromatic rings. The van der Waals surface area contributed by atoms with Gasteiger partial charge in [0.25, 0.3) is 0 Å². The predicted octanol–water partition coefficient (Wildman–Crippen LogP) is 8.62. The monoisotopic (exact) mass is 681 g/mol. The number of piperidine rings is 1. The normalized spacial score (nSPS) is 18.8. The van der Waals surface area contributed by atoms with Crippen molar-refractivity contribution < 1.29 is 49.9 Å². The minimum Gasteiger partial charge on any atom is -0.465 e. The lowest BCUT2D eigenvalue weighted by Gasteiger charge is -2.37. The summed E-state index contributed by atoms with van der Waals surface area (Å²) in [7, 11) is 1.02. The topological polar surface area (TPSA) is 86.9 Å². The number of halogens is 6. The molecule has 250 valence electrons. The van der Waals surface area contributed by atoms with Crippen LogP contribution in [0.15, 0.2) is 52.4 Å². The van der Waals surface area contributed by atoms with Gasteiger partial charge in [0.2, 0.25) is 0 Å². The lowest BCUT2D eigenvalue weighted by Crippen LogP contribution is -2.43. The van der Waals surface area contributed by atoms with E-state index in [9.17, 15) is 31.1 Å². The second-order valence-electron chi connectivity index (χ2n) is 11.5. The van der Waals surface area contributed by atoms with Crippen molar-refractivity contribution in [1.82, 2.24) is 10.1 Å². The number of para-hydroxylation sites is 1. The first-order valence-corrected chi connectivity index (χ1v) is 15.7. The van der Waals surface area contributed by atoms with Crippen LogP contribution in [-0.2, 0) is 22.3 Å². The molecule has 2 aromatic heterocycles. The Balaban J connectivity index is 1.15. The molecule has 0 spiro atoms. The summed E-state index contributed by atoms with van der Waals surface area (Å²) < 4.78 is 101. The lowest BCUT2D eigenvalue weighted by molar-refractivity contribution is -0.274. The fourth-order valence-electron chi connectivity index (χ4n) is 5.74. The highest BCUT2D eigenvalue weighted by Gasteiger charge is 2.38. The molecule has 1 saturated heterocycles. The van der Waals surface area contributed by atoms with Crippen LogP contribution >= 0.6 is 11.3 Å². The minimum absolute atomic E-state index is 0.0362. The minimum atomic E-state index is -4.88. The molecule has 0 amide bonds. The molecule has 6 rings (SSSR count). The molecule has 2 aliphatic rings.